The summed E-state index contributed by atoms with van der Waals surface area (Å²) in [5.41, 5.74) is 2.70. The lowest BCUT2D eigenvalue weighted by Crippen LogP contribution is -2.36. The average molecular weight is 370 g/mol. The van der Waals surface area contributed by atoms with Crippen LogP contribution in [-0.4, -0.2) is 21.7 Å². The normalized spacial score (nSPS) is 13.1. The molecule has 0 aliphatic heterocycles. The van der Waals surface area contributed by atoms with Gasteiger partial charge in [-0.25, -0.2) is 0 Å². The van der Waals surface area contributed by atoms with E-state index in [2.05, 4.69) is 4.98 Å². The van der Waals surface area contributed by atoms with Crippen LogP contribution in [0, 0.1) is 10.1 Å². The van der Waals surface area contributed by atoms with Crippen LogP contribution in [0.3, 0.4) is 0 Å². The van der Waals surface area contributed by atoms with Gasteiger partial charge in [-0.1, -0.05) is 78.9 Å². The number of ketones is 1. The fourth-order valence-corrected chi connectivity index (χ4v) is 3.69. The van der Waals surface area contributed by atoms with Crippen LogP contribution in [0.2, 0.25) is 0 Å². The first-order valence-electron chi connectivity index (χ1n) is 9.00. The zero-order valence-corrected chi connectivity index (χ0v) is 15.0. The van der Waals surface area contributed by atoms with Crippen molar-refractivity contribution in [2.45, 2.75) is 12.0 Å². The van der Waals surface area contributed by atoms with Crippen LogP contribution in [0.1, 0.15) is 27.4 Å². The molecular formula is C23H18N2O3. The van der Waals surface area contributed by atoms with Crippen molar-refractivity contribution in [3.05, 3.63) is 118 Å². The Labute approximate surface area is 161 Å². The minimum Gasteiger partial charge on any atom is -0.361 e. The number of carbonyl (C=O) groups excluding carboxylic acids is 1. The molecule has 1 heterocycles. The van der Waals surface area contributed by atoms with Crippen molar-refractivity contribution in [1.29, 1.82) is 0 Å². The first-order chi connectivity index (χ1) is 13.7. The van der Waals surface area contributed by atoms with Gasteiger partial charge in [0.2, 0.25) is 5.78 Å². The van der Waals surface area contributed by atoms with Gasteiger partial charge in [0.15, 0.2) is 0 Å². The van der Waals surface area contributed by atoms with E-state index in [0.717, 1.165) is 22.0 Å². The van der Waals surface area contributed by atoms with Crippen LogP contribution < -0.4 is 0 Å². The highest BCUT2D eigenvalue weighted by molar-refractivity contribution is 6.00. The number of aromatic amines is 1. The van der Waals surface area contributed by atoms with Gasteiger partial charge in [0.05, 0.1) is 5.92 Å². The Balaban J connectivity index is 1.91. The monoisotopic (exact) mass is 370 g/mol. The van der Waals surface area contributed by atoms with Crippen LogP contribution in [-0.2, 0) is 0 Å². The fourth-order valence-electron chi connectivity index (χ4n) is 3.69. The highest BCUT2D eigenvalue weighted by atomic mass is 16.6. The highest BCUT2D eigenvalue weighted by Crippen LogP contribution is 2.35. The molecule has 0 radical (unpaired) electrons. The Morgan fingerprint density at radius 2 is 1.46 bits per heavy atom. The second-order valence-electron chi connectivity index (χ2n) is 6.64. The Hall–Kier alpha value is -3.73. The third-order valence-corrected chi connectivity index (χ3v) is 4.98. The summed E-state index contributed by atoms with van der Waals surface area (Å²) in [4.78, 5) is 28.0. The largest absolute Gasteiger partial charge is 0.361 e. The molecule has 5 heteroatoms. The number of H-pyrrole nitrogens is 1. The Bertz CT molecular complexity index is 1120. The molecule has 0 aliphatic rings. The maximum absolute atomic E-state index is 13.2. The first-order valence-corrected chi connectivity index (χ1v) is 9.00. The molecule has 4 aromatic rings. The molecule has 2 atom stereocenters. The van der Waals surface area contributed by atoms with Gasteiger partial charge >= 0.3 is 0 Å². The molecule has 3 aromatic carbocycles. The standard InChI is InChI=1S/C23H18N2O3/c26-23(17-11-5-2-6-12-17)22(25(27)28)21(16-9-3-1-4-10-16)19-15-24-20-14-8-7-13-18(19)20/h1-15,21-22,24H/t21-,22+/m0/s1. The molecule has 4 rings (SSSR count). The smallest absolute Gasteiger partial charge is 0.285 e. The molecule has 0 unspecified atom stereocenters. The summed E-state index contributed by atoms with van der Waals surface area (Å²) in [6.45, 7) is 0. The lowest BCUT2D eigenvalue weighted by atomic mass is 9.82. The summed E-state index contributed by atoms with van der Waals surface area (Å²) >= 11 is 0. The Morgan fingerprint density at radius 1 is 0.857 bits per heavy atom. The molecule has 0 fully saturated rings. The number of rotatable bonds is 6. The maximum Gasteiger partial charge on any atom is 0.285 e. The number of nitro groups is 1. The average Bonchev–Trinajstić information content (AvgIpc) is 3.16. The van der Waals surface area contributed by atoms with Gasteiger partial charge in [-0.2, -0.15) is 0 Å². The van der Waals surface area contributed by atoms with Gasteiger partial charge in [0.25, 0.3) is 6.04 Å². The van der Waals surface area contributed by atoms with Crippen molar-refractivity contribution >= 4 is 16.7 Å². The minimum atomic E-state index is -1.43. The quantitative estimate of drug-likeness (QED) is 0.300. The van der Waals surface area contributed by atoms with Crippen molar-refractivity contribution < 1.29 is 9.72 Å². The van der Waals surface area contributed by atoms with E-state index < -0.39 is 22.7 Å². The van der Waals surface area contributed by atoms with Gasteiger partial charge in [-0.05, 0) is 17.2 Å². The zero-order chi connectivity index (χ0) is 19.5. The number of aromatic nitrogens is 1. The van der Waals surface area contributed by atoms with E-state index in [1.54, 1.807) is 36.5 Å². The van der Waals surface area contributed by atoms with Crippen molar-refractivity contribution in [1.82, 2.24) is 4.98 Å². The number of hydrogen-bond acceptors (Lipinski definition) is 3. The van der Waals surface area contributed by atoms with E-state index in [1.165, 1.54) is 0 Å². The van der Waals surface area contributed by atoms with Gasteiger partial charge < -0.3 is 4.98 Å². The van der Waals surface area contributed by atoms with Crippen LogP contribution in [0.5, 0.6) is 0 Å². The zero-order valence-electron chi connectivity index (χ0n) is 15.0. The number of carbonyl (C=O) groups is 1. The second-order valence-corrected chi connectivity index (χ2v) is 6.64. The van der Waals surface area contributed by atoms with Crippen molar-refractivity contribution in [2.75, 3.05) is 0 Å². The summed E-state index contributed by atoms with van der Waals surface area (Å²) in [5.74, 6) is -1.20. The van der Waals surface area contributed by atoms with E-state index >= 15 is 0 Å². The molecule has 5 nitrogen and oxygen atoms in total. The minimum absolute atomic E-state index is 0.338. The second kappa shape index (κ2) is 7.48. The van der Waals surface area contributed by atoms with Crippen LogP contribution in [0.15, 0.2) is 91.1 Å². The molecule has 0 aliphatic carbocycles. The molecular weight excluding hydrogens is 352 g/mol. The number of nitrogens with zero attached hydrogens (tertiary/aromatic N) is 1. The fraction of sp³-hybridized carbons (Fsp3) is 0.0870. The maximum atomic E-state index is 13.2. The molecule has 1 aromatic heterocycles. The van der Waals surface area contributed by atoms with Crippen LogP contribution in [0.25, 0.3) is 10.9 Å². The van der Waals surface area contributed by atoms with Gasteiger partial charge in [0.1, 0.15) is 0 Å². The highest BCUT2D eigenvalue weighted by Gasteiger charge is 2.42. The third kappa shape index (κ3) is 3.18. The van der Waals surface area contributed by atoms with Gasteiger partial charge in [0, 0.05) is 27.6 Å². The topological polar surface area (TPSA) is 76.0 Å². The van der Waals surface area contributed by atoms with Gasteiger partial charge in [-0.15, -0.1) is 0 Å². The first kappa shape index (κ1) is 17.7. The summed E-state index contributed by atoms with van der Waals surface area (Å²) in [5, 5.41) is 13.0. The number of hydrogen-bond donors (Lipinski definition) is 1. The number of para-hydroxylation sites is 1. The van der Waals surface area contributed by atoms with Crippen LogP contribution in [0.4, 0.5) is 0 Å². The third-order valence-electron chi connectivity index (χ3n) is 4.98. The van der Waals surface area contributed by atoms with E-state index in [9.17, 15) is 14.9 Å². The number of benzene rings is 3. The van der Waals surface area contributed by atoms with Crippen molar-refractivity contribution in [3.63, 3.8) is 0 Å². The van der Waals surface area contributed by atoms with Gasteiger partial charge in [-0.3, -0.25) is 14.9 Å². The van der Waals surface area contributed by atoms with E-state index in [1.807, 2.05) is 54.6 Å². The molecule has 1 N–H and O–H groups in total. The Morgan fingerprint density at radius 3 is 2.14 bits per heavy atom. The molecule has 28 heavy (non-hydrogen) atoms. The summed E-state index contributed by atoms with van der Waals surface area (Å²) in [6, 6.07) is 23.9. The van der Waals surface area contributed by atoms with E-state index in [0.29, 0.717) is 5.56 Å². The molecule has 138 valence electrons. The lowest BCUT2D eigenvalue weighted by Gasteiger charge is -2.20. The SMILES string of the molecule is O=C(c1ccccc1)[C@@H]([C@@H](c1ccccc1)c1c[nH]c2ccccc12)[N+](=O)[O-]. The summed E-state index contributed by atoms with van der Waals surface area (Å²) < 4.78 is 0. The Kier molecular flexibility index (Phi) is 4.72. The lowest BCUT2D eigenvalue weighted by molar-refractivity contribution is -0.507. The molecule has 0 saturated heterocycles. The molecule has 0 amide bonds. The summed E-state index contributed by atoms with van der Waals surface area (Å²) in [7, 11) is 0. The number of Topliss-reactive ketones (excluding diaryl/α,β-unsaturated/α-hetero) is 1. The van der Waals surface area contributed by atoms with Crippen molar-refractivity contribution in [3.8, 4) is 0 Å². The predicted molar refractivity (Wildman–Crippen MR) is 108 cm³/mol. The number of nitrogens with one attached hydrogen (secondary N) is 1. The van der Waals surface area contributed by atoms with E-state index in [4.69, 9.17) is 0 Å². The van der Waals surface area contributed by atoms with Crippen molar-refractivity contribution in [2.24, 2.45) is 0 Å². The molecule has 0 saturated carbocycles. The van der Waals surface area contributed by atoms with E-state index in [-0.39, 0.29) is 0 Å². The van der Waals surface area contributed by atoms with Crippen LogP contribution >= 0.6 is 0 Å². The molecule has 0 bridgehead atoms. The number of fused-ring (bicyclic) bond motifs is 1. The molecule has 0 spiro atoms. The predicted octanol–water partition coefficient (Wildman–Crippen LogP) is 4.83. The summed E-state index contributed by atoms with van der Waals surface area (Å²) in [6.07, 6.45) is 1.77.